The highest BCUT2D eigenvalue weighted by Gasteiger charge is 2.18. The topological polar surface area (TPSA) is 166 Å². The van der Waals surface area contributed by atoms with Crippen molar-refractivity contribution in [3.63, 3.8) is 0 Å². The number of nitrogen functional groups attached to an aromatic ring is 2. The first-order valence-electron chi connectivity index (χ1n) is 11.4. The third-order valence-electron chi connectivity index (χ3n) is 5.99. The largest absolute Gasteiger partial charge is 0.493 e. The summed E-state index contributed by atoms with van der Waals surface area (Å²) in [4.78, 5) is 34.7. The molecular formula is C27H25ClFN5O5. The Morgan fingerprint density at radius 2 is 1.92 bits per heavy atom. The molecule has 4 aromatic rings. The van der Waals surface area contributed by atoms with Crippen LogP contribution in [0.1, 0.15) is 45.1 Å². The van der Waals surface area contributed by atoms with E-state index in [0.717, 1.165) is 17.8 Å². The molecule has 0 aliphatic heterocycles. The third-order valence-corrected chi connectivity index (χ3v) is 5.99. The van der Waals surface area contributed by atoms with Gasteiger partial charge in [0.05, 0.1) is 30.9 Å². The Morgan fingerprint density at radius 3 is 2.54 bits per heavy atom. The highest BCUT2D eigenvalue weighted by atomic mass is 35.5. The van der Waals surface area contributed by atoms with E-state index in [-0.39, 0.29) is 35.1 Å². The minimum Gasteiger partial charge on any atom is -0.493 e. The molecule has 202 valence electrons. The molecule has 10 nitrogen and oxygen atoms in total. The number of nitrogens with two attached hydrogens (primary N) is 2. The Morgan fingerprint density at radius 1 is 1.18 bits per heavy atom. The first kappa shape index (κ1) is 28.7. The number of anilines is 2. The van der Waals surface area contributed by atoms with Crippen molar-refractivity contribution in [3.8, 4) is 23.3 Å². The van der Waals surface area contributed by atoms with Gasteiger partial charge in [-0.25, -0.2) is 14.2 Å². The van der Waals surface area contributed by atoms with E-state index in [2.05, 4.69) is 26.8 Å². The summed E-state index contributed by atoms with van der Waals surface area (Å²) in [5.74, 6) is 4.75. The van der Waals surface area contributed by atoms with Crippen LogP contribution in [0, 0.1) is 17.7 Å². The molecule has 12 heteroatoms. The minimum atomic E-state index is -1.40. The zero-order valence-corrected chi connectivity index (χ0v) is 22.0. The summed E-state index contributed by atoms with van der Waals surface area (Å²) in [5.41, 5.74) is 13.0. The van der Waals surface area contributed by atoms with E-state index in [9.17, 15) is 14.7 Å². The Balaban J connectivity index is 0.00000420. The molecule has 2 aromatic heterocycles. The number of aryl methyl sites for hydroxylation is 1. The second kappa shape index (κ2) is 11.7. The number of methoxy groups -OCH3 is 2. The summed E-state index contributed by atoms with van der Waals surface area (Å²) in [6.07, 6.45) is 3.32. The first-order valence-corrected chi connectivity index (χ1v) is 11.4. The van der Waals surface area contributed by atoms with Crippen LogP contribution in [0.5, 0.6) is 11.5 Å². The van der Waals surface area contributed by atoms with Crippen LogP contribution in [0.25, 0.3) is 10.9 Å². The zero-order valence-electron chi connectivity index (χ0n) is 21.2. The summed E-state index contributed by atoms with van der Waals surface area (Å²) < 4.78 is 26.3. The number of halogens is 2. The second-order valence-corrected chi connectivity index (χ2v) is 8.27. The molecule has 0 radical (unpaired) electrons. The van der Waals surface area contributed by atoms with Crippen molar-refractivity contribution in [1.82, 2.24) is 15.0 Å². The number of H-pyrrole nitrogens is 1. The number of carboxylic acids is 1. The molecule has 0 fully saturated rings. The zero-order chi connectivity index (χ0) is 27.6. The summed E-state index contributed by atoms with van der Waals surface area (Å²) in [7, 11) is 2.95. The minimum absolute atomic E-state index is 0. The highest BCUT2D eigenvalue weighted by Crippen LogP contribution is 2.33. The van der Waals surface area contributed by atoms with Gasteiger partial charge in [-0.15, -0.1) is 12.4 Å². The Bertz CT molecular complexity index is 1710. The van der Waals surface area contributed by atoms with Crippen molar-refractivity contribution in [3.05, 3.63) is 80.0 Å². The molecule has 0 aliphatic carbocycles. The molecule has 0 unspecified atom stereocenters. The molecule has 0 amide bonds. The summed E-state index contributed by atoms with van der Waals surface area (Å²) in [6, 6.07) is 4.52. The van der Waals surface area contributed by atoms with Crippen molar-refractivity contribution in [2.45, 2.75) is 19.8 Å². The molecule has 2 heterocycles. The number of hydrogen-bond donors (Lipinski definition) is 4. The maximum absolute atomic E-state index is 15.3. The molecule has 0 spiro atoms. The number of aromatic amines is 1. The fraction of sp³-hybridized carbons (Fsp3) is 0.185. The van der Waals surface area contributed by atoms with Crippen LogP contribution in [0.15, 0.2) is 35.4 Å². The van der Waals surface area contributed by atoms with E-state index in [0.29, 0.717) is 46.5 Å². The number of pyridine rings is 1. The lowest BCUT2D eigenvalue weighted by atomic mass is 9.98. The Labute approximate surface area is 228 Å². The van der Waals surface area contributed by atoms with Crippen LogP contribution in [-0.2, 0) is 12.8 Å². The lowest BCUT2D eigenvalue weighted by Gasteiger charge is -2.13. The number of ether oxygens (including phenoxy) is 2. The monoisotopic (exact) mass is 553 g/mol. The van der Waals surface area contributed by atoms with Crippen LogP contribution >= 0.6 is 12.4 Å². The van der Waals surface area contributed by atoms with Crippen molar-refractivity contribution < 1.29 is 23.8 Å². The molecule has 0 atom stereocenters. The number of carboxylic acid groups (broad SMARTS) is 1. The number of hydrogen-bond acceptors (Lipinski definition) is 8. The number of carbonyl (C=O) groups is 1. The van der Waals surface area contributed by atoms with Crippen LogP contribution in [-0.4, -0.2) is 40.2 Å². The molecule has 4 rings (SSSR count). The van der Waals surface area contributed by atoms with Crippen LogP contribution in [0.2, 0.25) is 0 Å². The standard InChI is InChI=1S/C27H24FN5O5.ClH/c1-4-16-17(20(28)10-18-22(16)31-12-19(23(18)34)26(35)36)6-5-14-7-13(9-21(37-2)24(14)38-3)8-15-11-32-27(30)33-25(15)29;/h7,9-12H,4,8H2,1-3H3,(H,31,34)(H,35,36)(H4,29,30,32,33);1H. The number of benzene rings is 2. The van der Waals surface area contributed by atoms with Gasteiger partial charge in [-0.2, -0.15) is 4.98 Å². The SMILES string of the molecule is CCc1c(C#Cc2cc(Cc3cnc(N)nc3N)cc(OC)c2OC)c(F)cc2c(=O)c(C(=O)O)c[nH]c12.Cl. The molecule has 6 N–H and O–H groups in total. The number of rotatable bonds is 6. The molecule has 39 heavy (non-hydrogen) atoms. The van der Waals surface area contributed by atoms with E-state index in [4.69, 9.17) is 20.9 Å². The van der Waals surface area contributed by atoms with E-state index in [1.807, 2.05) is 0 Å². The third kappa shape index (κ3) is 5.56. The summed E-state index contributed by atoms with van der Waals surface area (Å²) in [6.45, 7) is 1.78. The molecule has 2 aromatic carbocycles. The average Bonchev–Trinajstić information content (AvgIpc) is 2.88. The van der Waals surface area contributed by atoms with Crippen LogP contribution < -0.4 is 26.4 Å². The number of aromatic nitrogens is 3. The number of nitrogens with one attached hydrogen (secondary N) is 1. The number of nitrogens with zero attached hydrogens (tertiary/aromatic N) is 2. The summed E-state index contributed by atoms with van der Waals surface area (Å²) in [5, 5.41) is 9.18. The maximum atomic E-state index is 15.3. The fourth-order valence-corrected chi connectivity index (χ4v) is 4.19. The van der Waals surface area contributed by atoms with Crippen LogP contribution in [0.3, 0.4) is 0 Å². The molecule has 0 aliphatic rings. The van der Waals surface area contributed by atoms with E-state index >= 15 is 4.39 Å². The summed E-state index contributed by atoms with van der Waals surface area (Å²) >= 11 is 0. The Kier molecular flexibility index (Phi) is 8.63. The van der Waals surface area contributed by atoms with Gasteiger partial charge >= 0.3 is 5.97 Å². The molecular weight excluding hydrogens is 529 g/mol. The lowest BCUT2D eigenvalue weighted by molar-refractivity contribution is 0.0695. The van der Waals surface area contributed by atoms with E-state index in [1.165, 1.54) is 20.4 Å². The van der Waals surface area contributed by atoms with Gasteiger partial charge in [0.1, 0.15) is 17.2 Å². The van der Waals surface area contributed by atoms with Gasteiger partial charge in [0.2, 0.25) is 11.4 Å². The number of fused-ring (bicyclic) bond motifs is 1. The second-order valence-electron chi connectivity index (χ2n) is 8.27. The molecule has 0 bridgehead atoms. The molecule has 0 saturated heterocycles. The van der Waals surface area contributed by atoms with Crippen molar-refractivity contribution >= 4 is 41.0 Å². The number of aromatic carboxylic acids is 1. The van der Waals surface area contributed by atoms with Gasteiger partial charge in [-0.3, -0.25) is 4.79 Å². The average molecular weight is 554 g/mol. The van der Waals surface area contributed by atoms with Gasteiger partial charge in [-0.05, 0) is 35.7 Å². The van der Waals surface area contributed by atoms with E-state index in [1.54, 1.807) is 19.1 Å². The van der Waals surface area contributed by atoms with Gasteiger partial charge in [0, 0.05) is 29.8 Å². The van der Waals surface area contributed by atoms with E-state index < -0.39 is 22.8 Å². The van der Waals surface area contributed by atoms with Gasteiger partial charge in [-0.1, -0.05) is 18.8 Å². The predicted molar refractivity (Wildman–Crippen MR) is 147 cm³/mol. The normalized spacial score (nSPS) is 10.4. The first-order chi connectivity index (χ1) is 18.2. The Hall–Kier alpha value is -4.82. The molecule has 0 saturated carbocycles. The fourth-order valence-electron chi connectivity index (χ4n) is 4.19. The van der Waals surface area contributed by atoms with Gasteiger partial charge in [0.15, 0.2) is 11.5 Å². The van der Waals surface area contributed by atoms with Crippen LogP contribution in [0.4, 0.5) is 16.2 Å². The predicted octanol–water partition coefficient (Wildman–Crippen LogP) is 3.31. The van der Waals surface area contributed by atoms with Crippen molar-refractivity contribution in [1.29, 1.82) is 0 Å². The highest BCUT2D eigenvalue weighted by molar-refractivity contribution is 5.93. The maximum Gasteiger partial charge on any atom is 0.341 e. The quantitative estimate of drug-likeness (QED) is 0.262. The van der Waals surface area contributed by atoms with Gasteiger partial charge < -0.3 is 31.0 Å². The smallest absolute Gasteiger partial charge is 0.341 e. The lowest BCUT2D eigenvalue weighted by Crippen LogP contribution is -2.16. The van der Waals surface area contributed by atoms with Gasteiger partial charge in [0.25, 0.3) is 0 Å². The van der Waals surface area contributed by atoms with Crippen molar-refractivity contribution in [2.75, 3.05) is 25.7 Å². The van der Waals surface area contributed by atoms with Crippen molar-refractivity contribution in [2.24, 2.45) is 0 Å².